The molecule has 0 aliphatic carbocycles. The van der Waals surface area contributed by atoms with Crippen LogP contribution in [0.4, 0.5) is 18.9 Å². The Morgan fingerprint density at radius 3 is 1.56 bits per heavy atom. The molecular formula is C49H31F3N10. The summed E-state index contributed by atoms with van der Waals surface area (Å²) in [6.45, 7) is 15.0. The van der Waals surface area contributed by atoms with Crippen LogP contribution < -0.4 is 0 Å². The molecule has 13 heteroatoms. The normalized spacial score (nSPS) is 11.8. The molecule has 10 aromatic rings. The lowest BCUT2D eigenvalue weighted by atomic mass is 9.96. The van der Waals surface area contributed by atoms with Crippen LogP contribution in [0.15, 0.2) is 115 Å². The first-order valence-corrected chi connectivity index (χ1v) is 19.5. The molecular weight excluding hydrogens is 786 g/mol. The largest absolute Gasteiger partial charge is 0.415 e. The molecule has 4 heterocycles. The van der Waals surface area contributed by atoms with Crippen molar-refractivity contribution in [3.05, 3.63) is 161 Å². The minimum atomic E-state index is -4.73. The van der Waals surface area contributed by atoms with Crippen LogP contribution in [-0.2, 0) is 6.18 Å². The molecule has 10 nitrogen and oxygen atoms in total. The van der Waals surface area contributed by atoms with Crippen LogP contribution in [0.3, 0.4) is 0 Å². The molecule has 0 fully saturated rings. The SMILES string of the molecule is [C-]#[N+]c1cc(-c2ccc(-n3c4ccccc4c4cc(-c5nc(C)nc(C)n5)ccc43)c(C#N)c2-n2c3ccccc3c3cc(-c4nc(C)nc(C)n4)ccc32)cc(C(F)(F)F)c1. The van der Waals surface area contributed by atoms with Crippen molar-refractivity contribution in [3.8, 4) is 51.3 Å². The summed E-state index contributed by atoms with van der Waals surface area (Å²) in [5.41, 5.74) is 4.92. The van der Waals surface area contributed by atoms with E-state index in [4.69, 9.17) is 6.57 Å². The maximum absolute atomic E-state index is 14.5. The standard InChI is InChI=1S/C49H31F3N10/c1-26-55-27(2)58-47(57-26)30-14-17-43-38(22-30)36-10-6-8-12-41(36)61(43)45-19-16-35(32-20-33(49(50,51)52)24-34(21-32)54-5)46(40(45)25-53)62-42-13-9-7-11-37(42)39-23-31(15-18-44(39)62)48-59-28(3)56-29(4)60-48/h6-24H,1-4H3. The van der Waals surface area contributed by atoms with Crippen LogP contribution >= 0.6 is 0 Å². The summed E-state index contributed by atoms with van der Waals surface area (Å²) in [6, 6.07) is 36.6. The van der Waals surface area contributed by atoms with E-state index in [1.165, 1.54) is 6.07 Å². The lowest BCUT2D eigenvalue weighted by Crippen LogP contribution is -2.08. The quantitative estimate of drug-likeness (QED) is 0.159. The van der Waals surface area contributed by atoms with Gasteiger partial charge in [0.15, 0.2) is 17.3 Å². The number of fused-ring (bicyclic) bond motifs is 6. The highest BCUT2D eigenvalue weighted by atomic mass is 19.4. The van der Waals surface area contributed by atoms with Crippen LogP contribution in [0, 0.1) is 45.6 Å². The van der Waals surface area contributed by atoms with Crippen LogP contribution in [0.2, 0.25) is 0 Å². The Balaban J connectivity index is 1.31. The van der Waals surface area contributed by atoms with Crippen molar-refractivity contribution in [2.75, 3.05) is 0 Å². The molecule has 0 unspecified atom stereocenters. The van der Waals surface area contributed by atoms with E-state index < -0.39 is 11.7 Å². The number of para-hydroxylation sites is 2. The molecule has 0 spiro atoms. The van der Waals surface area contributed by atoms with Gasteiger partial charge in [0, 0.05) is 43.8 Å². The first kappa shape index (κ1) is 37.9. The number of aromatic nitrogens is 8. The Kier molecular flexibility index (Phi) is 8.68. The third kappa shape index (κ3) is 6.18. The molecule has 0 saturated carbocycles. The van der Waals surface area contributed by atoms with Gasteiger partial charge in [0.25, 0.3) is 0 Å². The van der Waals surface area contributed by atoms with Gasteiger partial charge in [-0.1, -0.05) is 42.5 Å². The van der Waals surface area contributed by atoms with Gasteiger partial charge in [-0.25, -0.2) is 34.7 Å². The van der Waals surface area contributed by atoms with Gasteiger partial charge in [-0.3, -0.25) is 0 Å². The van der Waals surface area contributed by atoms with Crippen molar-refractivity contribution in [2.24, 2.45) is 0 Å². The molecule has 0 aliphatic rings. The maximum Gasteiger partial charge on any atom is 0.415 e. The summed E-state index contributed by atoms with van der Waals surface area (Å²) < 4.78 is 47.4. The van der Waals surface area contributed by atoms with Crippen molar-refractivity contribution in [3.63, 3.8) is 0 Å². The zero-order valence-electron chi connectivity index (χ0n) is 33.6. The van der Waals surface area contributed by atoms with E-state index in [-0.39, 0.29) is 16.8 Å². The predicted octanol–water partition coefficient (Wildman–Crippen LogP) is 11.9. The molecule has 0 radical (unpaired) electrons. The second-order valence-electron chi connectivity index (χ2n) is 15.0. The molecule has 0 saturated heterocycles. The minimum absolute atomic E-state index is 0.136. The number of hydrogen-bond acceptors (Lipinski definition) is 7. The van der Waals surface area contributed by atoms with E-state index in [0.717, 1.165) is 55.8 Å². The third-order valence-electron chi connectivity index (χ3n) is 11.0. The van der Waals surface area contributed by atoms with Gasteiger partial charge >= 0.3 is 6.18 Å². The van der Waals surface area contributed by atoms with Crippen molar-refractivity contribution >= 4 is 49.3 Å². The highest BCUT2D eigenvalue weighted by Gasteiger charge is 2.32. The molecule has 0 N–H and O–H groups in total. The first-order valence-electron chi connectivity index (χ1n) is 19.5. The molecule has 0 amide bonds. The summed E-state index contributed by atoms with van der Waals surface area (Å²) in [4.78, 5) is 30.5. The van der Waals surface area contributed by atoms with Gasteiger partial charge < -0.3 is 9.13 Å². The lowest BCUT2D eigenvalue weighted by Gasteiger charge is -2.21. The molecule has 0 bridgehead atoms. The van der Waals surface area contributed by atoms with Crippen LogP contribution in [-0.4, -0.2) is 39.0 Å². The number of rotatable bonds is 5. The molecule has 298 valence electrons. The fraction of sp³-hybridized carbons (Fsp3) is 0.102. The zero-order chi connectivity index (χ0) is 43.0. The molecule has 62 heavy (non-hydrogen) atoms. The minimum Gasteiger partial charge on any atom is -0.308 e. The summed E-state index contributed by atoms with van der Waals surface area (Å²) in [5.74, 6) is 3.39. The maximum atomic E-state index is 14.5. The number of nitrogens with zero attached hydrogens (tertiary/aromatic N) is 10. The second-order valence-corrected chi connectivity index (χ2v) is 15.0. The van der Waals surface area contributed by atoms with Crippen molar-refractivity contribution in [1.29, 1.82) is 5.26 Å². The number of nitriles is 1. The summed E-state index contributed by atoms with van der Waals surface area (Å²) in [6.07, 6.45) is -4.73. The fourth-order valence-corrected chi connectivity index (χ4v) is 8.55. The van der Waals surface area contributed by atoms with Crippen molar-refractivity contribution in [1.82, 2.24) is 39.0 Å². The summed E-state index contributed by atoms with van der Waals surface area (Å²) in [5, 5.41) is 14.9. The van der Waals surface area contributed by atoms with E-state index in [1.807, 2.05) is 108 Å². The Bertz CT molecular complexity index is 3570. The smallest absolute Gasteiger partial charge is 0.308 e. The van der Waals surface area contributed by atoms with Gasteiger partial charge in [-0.15, -0.1) is 0 Å². The van der Waals surface area contributed by atoms with Gasteiger partial charge in [0.2, 0.25) is 0 Å². The average molecular weight is 817 g/mol. The Hall–Kier alpha value is -8.29. The Morgan fingerprint density at radius 1 is 0.548 bits per heavy atom. The van der Waals surface area contributed by atoms with Crippen LogP contribution in [0.5, 0.6) is 0 Å². The number of alkyl halides is 3. The fourth-order valence-electron chi connectivity index (χ4n) is 8.55. The monoisotopic (exact) mass is 816 g/mol. The predicted molar refractivity (Wildman–Crippen MR) is 233 cm³/mol. The van der Waals surface area contributed by atoms with Gasteiger partial charge in [0.05, 0.1) is 40.0 Å². The van der Waals surface area contributed by atoms with E-state index in [9.17, 15) is 18.4 Å². The average Bonchev–Trinajstić information content (AvgIpc) is 3.76. The number of benzene rings is 6. The highest BCUT2D eigenvalue weighted by molar-refractivity contribution is 6.13. The van der Waals surface area contributed by atoms with Crippen molar-refractivity contribution in [2.45, 2.75) is 33.9 Å². The Labute approximate surface area is 352 Å². The second kappa shape index (κ2) is 14.2. The highest BCUT2D eigenvalue weighted by Crippen LogP contribution is 2.44. The van der Waals surface area contributed by atoms with E-state index in [2.05, 4.69) is 40.8 Å². The first-order chi connectivity index (χ1) is 29.9. The van der Waals surface area contributed by atoms with Crippen LogP contribution in [0.25, 0.3) is 93.7 Å². The molecule has 0 atom stereocenters. The zero-order valence-corrected chi connectivity index (χ0v) is 33.6. The number of aryl methyl sites for hydroxylation is 4. The van der Waals surface area contributed by atoms with Gasteiger partial charge in [0.1, 0.15) is 34.9 Å². The molecule has 4 aromatic heterocycles. The van der Waals surface area contributed by atoms with E-state index in [1.54, 1.807) is 26.0 Å². The van der Waals surface area contributed by atoms with E-state index in [0.29, 0.717) is 62.9 Å². The van der Waals surface area contributed by atoms with E-state index >= 15 is 0 Å². The number of halogens is 3. The third-order valence-corrected chi connectivity index (χ3v) is 11.0. The molecule has 0 aliphatic heterocycles. The van der Waals surface area contributed by atoms with Gasteiger partial charge in [-0.2, -0.15) is 18.4 Å². The van der Waals surface area contributed by atoms with Crippen molar-refractivity contribution < 1.29 is 13.2 Å². The Morgan fingerprint density at radius 2 is 1.05 bits per heavy atom. The van der Waals surface area contributed by atoms with Gasteiger partial charge in [-0.05, 0) is 106 Å². The van der Waals surface area contributed by atoms with Crippen LogP contribution in [0.1, 0.15) is 34.4 Å². The lowest BCUT2D eigenvalue weighted by molar-refractivity contribution is -0.137. The number of hydrogen-bond donors (Lipinski definition) is 0. The molecule has 6 aromatic carbocycles. The summed E-state index contributed by atoms with van der Waals surface area (Å²) >= 11 is 0. The topological polar surface area (TPSA) is 115 Å². The molecule has 10 rings (SSSR count). The summed E-state index contributed by atoms with van der Waals surface area (Å²) in [7, 11) is 0.